The minimum atomic E-state index is -0.775. The zero-order valence-corrected chi connectivity index (χ0v) is 24.6. The molecule has 1 aromatic heterocycles. The van der Waals surface area contributed by atoms with Gasteiger partial charge in [-0.2, -0.15) is 5.10 Å². The lowest BCUT2D eigenvalue weighted by Crippen LogP contribution is -2.24. The fourth-order valence-electron chi connectivity index (χ4n) is 4.17. The third-order valence-corrected chi connectivity index (χ3v) is 6.48. The number of para-hydroxylation sites is 1. The molecule has 2 heterocycles. The first-order valence-electron chi connectivity index (χ1n) is 13.4. The average molecular weight is 594 g/mol. The Labute approximate surface area is 244 Å². The molecule has 1 unspecified atom stereocenters. The molecule has 0 radical (unpaired) electrons. The Morgan fingerprint density at radius 3 is 2.44 bits per heavy atom. The highest BCUT2D eigenvalue weighted by atomic mass is 35.5. The van der Waals surface area contributed by atoms with Crippen molar-refractivity contribution in [3.05, 3.63) is 76.4 Å². The van der Waals surface area contributed by atoms with Crippen molar-refractivity contribution in [2.75, 3.05) is 45.3 Å². The number of amides is 2. The number of hydrogen-bond acceptors (Lipinski definition) is 6. The van der Waals surface area contributed by atoms with Crippen LogP contribution in [0.25, 0.3) is 5.69 Å². The largest absolute Gasteiger partial charge is 0.465 e. The quantitative estimate of drug-likeness (QED) is 0.315. The molecule has 1 aliphatic rings. The number of nitrogens with zero attached hydrogens (tertiary/aromatic N) is 3. The number of nitrogens with two attached hydrogens (primary N) is 1. The van der Waals surface area contributed by atoms with E-state index in [-0.39, 0.29) is 23.4 Å². The van der Waals surface area contributed by atoms with Crippen molar-refractivity contribution < 1.29 is 27.8 Å². The second-order valence-corrected chi connectivity index (χ2v) is 9.27. The summed E-state index contributed by atoms with van der Waals surface area (Å²) < 4.78 is 37.3. The maximum Gasteiger partial charge on any atom is 0.317 e. The number of benzene rings is 2. The van der Waals surface area contributed by atoms with E-state index < -0.39 is 17.7 Å². The first-order chi connectivity index (χ1) is 19.7. The van der Waals surface area contributed by atoms with E-state index in [1.54, 1.807) is 13.2 Å². The standard InChI is InChI=1S/C14H15ClN4O3.C13H17F2NO.C2H6/c1-9(20)22-8-7-11-12(15)13(17-14(16)21)19(18-11)10-5-3-2-4-6-10;1-17-7-6-16-5-4-11(9-16)10-2-3-12(14)13(15)8-10;1-2/h2-6H,7-8H2,1H3,(H3,16,17,21);2-3,8,11H,4-7,9H2,1H3;1-2H3. The first kappa shape index (κ1) is 33.7. The van der Waals surface area contributed by atoms with Crippen LogP contribution in [-0.2, 0) is 20.7 Å². The summed E-state index contributed by atoms with van der Waals surface area (Å²) in [5.74, 6) is -1.32. The number of hydrogen-bond donors (Lipinski definition) is 2. The molecular formula is C29H38ClF2N5O4. The maximum atomic E-state index is 13.1. The summed E-state index contributed by atoms with van der Waals surface area (Å²) in [4.78, 5) is 24.2. The van der Waals surface area contributed by atoms with Gasteiger partial charge < -0.3 is 20.1 Å². The van der Waals surface area contributed by atoms with Gasteiger partial charge in [0.15, 0.2) is 17.5 Å². The van der Waals surface area contributed by atoms with E-state index in [1.807, 2.05) is 44.2 Å². The minimum Gasteiger partial charge on any atom is -0.465 e. The van der Waals surface area contributed by atoms with Gasteiger partial charge in [0.1, 0.15) is 5.02 Å². The van der Waals surface area contributed by atoms with Crippen LogP contribution in [0.1, 0.15) is 44.4 Å². The van der Waals surface area contributed by atoms with E-state index in [2.05, 4.69) is 15.3 Å². The number of primary amides is 1. The highest BCUT2D eigenvalue weighted by Gasteiger charge is 2.24. The molecule has 1 saturated heterocycles. The van der Waals surface area contributed by atoms with Crippen molar-refractivity contribution >= 4 is 29.4 Å². The number of aromatic nitrogens is 2. The zero-order chi connectivity index (χ0) is 30.4. The first-order valence-corrected chi connectivity index (χ1v) is 13.8. The lowest BCUT2D eigenvalue weighted by atomic mass is 9.98. The van der Waals surface area contributed by atoms with Crippen LogP contribution in [-0.4, -0.2) is 66.6 Å². The van der Waals surface area contributed by atoms with Gasteiger partial charge in [0.05, 0.1) is 24.6 Å². The van der Waals surface area contributed by atoms with Gasteiger partial charge in [-0.1, -0.05) is 49.7 Å². The number of ether oxygens (including phenoxy) is 2. The Bertz CT molecular complexity index is 1260. The zero-order valence-electron chi connectivity index (χ0n) is 23.8. The molecule has 12 heteroatoms. The topological polar surface area (TPSA) is 112 Å². The molecule has 41 heavy (non-hydrogen) atoms. The van der Waals surface area contributed by atoms with Crippen LogP contribution in [0.3, 0.4) is 0 Å². The molecule has 0 aliphatic carbocycles. The van der Waals surface area contributed by atoms with E-state index >= 15 is 0 Å². The molecule has 224 valence electrons. The lowest BCUT2D eigenvalue weighted by molar-refractivity contribution is -0.140. The number of carbonyl (C=O) groups is 2. The summed E-state index contributed by atoms with van der Waals surface area (Å²) in [6.45, 7) is 8.98. The highest BCUT2D eigenvalue weighted by molar-refractivity contribution is 6.34. The van der Waals surface area contributed by atoms with Crippen LogP contribution in [0, 0.1) is 11.6 Å². The number of urea groups is 1. The van der Waals surface area contributed by atoms with Gasteiger partial charge in [-0.15, -0.1) is 0 Å². The van der Waals surface area contributed by atoms with Crippen LogP contribution in [0.4, 0.5) is 19.4 Å². The summed E-state index contributed by atoms with van der Waals surface area (Å²) in [7, 11) is 1.68. The Hall–Kier alpha value is -3.54. The summed E-state index contributed by atoms with van der Waals surface area (Å²) in [6.07, 6.45) is 1.32. The van der Waals surface area contributed by atoms with Gasteiger partial charge in [0, 0.05) is 33.5 Å². The van der Waals surface area contributed by atoms with Gasteiger partial charge in [0.2, 0.25) is 0 Å². The predicted octanol–water partition coefficient (Wildman–Crippen LogP) is 5.55. The molecular weight excluding hydrogens is 556 g/mol. The molecule has 3 N–H and O–H groups in total. The number of anilines is 1. The van der Waals surface area contributed by atoms with Crippen LogP contribution < -0.4 is 11.1 Å². The molecule has 0 saturated carbocycles. The second kappa shape index (κ2) is 17.3. The molecule has 1 atom stereocenters. The van der Waals surface area contributed by atoms with Gasteiger partial charge in [-0.05, 0) is 48.7 Å². The molecule has 4 rings (SSSR count). The predicted molar refractivity (Wildman–Crippen MR) is 155 cm³/mol. The molecule has 0 spiro atoms. The third-order valence-electron chi connectivity index (χ3n) is 6.08. The van der Waals surface area contributed by atoms with Crippen LogP contribution in [0.15, 0.2) is 48.5 Å². The molecule has 0 bridgehead atoms. The maximum absolute atomic E-state index is 13.1. The smallest absolute Gasteiger partial charge is 0.317 e. The van der Waals surface area contributed by atoms with Crippen molar-refractivity contribution in [1.82, 2.24) is 14.7 Å². The number of methoxy groups -OCH3 is 1. The SMILES string of the molecule is CC.CC(=O)OCCc1nn(-c2ccccc2)c(NC(N)=O)c1Cl.COCCN1CCC(c2ccc(F)c(F)c2)C1. The summed E-state index contributed by atoms with van der Waals surface area (Å²) in [5, 5.41) is 7.07. The number of likely N-dealkylation sites (tertiary alicyclic amines) is 1. The van der Waals surface area contributed by atoms with Gasteiger partial charge in [0.25, 0.3) is 0 Å². The number of rotatable bonds is 9. The monoisotopic (exact) mass is 593 g/mol. The fraction of sp³-hybridized carbons (Fsp3) is 0.414. The van der Waals surface area contributed by atoms with E-state index in [4.69, 9.17) is 26.8 Å². The Morgan fingerprint density at radius 2 is 1.83 bits per heavy atom. The number of carbonyl (C=O) groups excluding carboxylic acids is 2. The highest BCUT2D eigenvalue weighted by Crippen LogP contribution is 2.29. The molecule has 1 fully saturated rings. The normalized spacial score (nSPS) is 14.4. The molecule has 3 aromatic rings. The Balaban J connectivity index is 0.000000278. The fourth-order valence-corrected chi connectivity index (χ4v) is 4.43. The van der Waals surface area contributed by atoms with E-state index in [0.717, 1.165) is 31.6 Å². The van der Waals surface area contributed by atoms with Crippen molar-refractivity contribution in [1.29, 1.82) is 0 Å². The Kier molecular flexibility index (Phi) is 14.2. The van der Waals surface area contributed by atoms with E-state index in [9.17, 15) is 18.4 Å². The number of nitrogens with one attached hydrogen (secondary N) is 1. The number of halogens is 3. The van der Waals surface area contributed by atoms with Gasteiger partial charge in [-0.3, -0.25) is 10.1 Å². The van der Waals surface area contributed by atoms with Crippen LogP contribution in [0.5, 0.6) is 0 Å². The van der Waals surface area contributed by atoms with E-state index in [0.29, 0.717) is 30.3 Å². The summed E-state index contributed by atoms with van der Waals surface area (Å²) in [6, 6.07) is 12.6. The van der Waals surface area contributed by atoms with Crippen molar-refractivity contribution in [2.24, 2.45) is 5.73 Å². The van der Waals surface area contributed by atoms with Crippen molar-refractivity contribution in [3.8, 4) is 5.69 Å². The van der Waals surface area contributed by atoms with Crippen LogP contribution in [0.2, 0.25) is 5.02 Å². The van der Waals surface area contributed by atoms with Gasteiger partial charge >= 0.3 is 12.0 Å². The average Bonchev–Trinajstić information content (AvgIpc) is 3.56. The number of esters is 1. The Morgan fingerprint density at radius 1 is 1.12 bits per heavy atom. The van der Waals surface area contributed by atoms with Crippen molar-refractivity contribution in [3.63, 3.8) is 0 Å². The van der Waals surface area contributed by atoms with Crippen LogP contribution >= 0.6 is 11.6 Å². The third kappa shape index (κ3) is 10.4. The summed E-state index contributed by atoms with van der Waals surface area (Å²) in [5.41, 5.74) is 7.27. The molecule has 2 aromatic carbocycles. The van der Waals surface area contributed by atoms with Gasteiger partial charge in [-0.25, -0.2) is 18.3 Å². The lowest BCUT2D eigenvalue weighted by Gasteiger charge is -2.15. The molecule has 1 aliphatic heterocycles. The molecule has 9 nitrogen and oxygen atoms in total. The van der Waals surface area contributed by atoms with Crippen molar-refractivity contribution in [2.45, 2.75) is 39.5 Å². The minimum absolute atomic E-state index is 0.150. The molecule has 2 amide bonds. The van der Waals surface area contributed by atoms with E-state index in [1.165, 1.54) is 23.7 Å². The summed E-state index contributed by atoms with van der Waals surface area (Å²) >= 11 is 6.24. The second-order valence-electron chi connectivity index (χ2n) is 8.89.